The zero-order valence-corrected chi connectivity index (χ0v) is 22.2. The molecular weight excluding hydrogens is 546 g/mol. The number of hydrogen-bond donors (Lipinski definition) is 2. The summed E-state index contributed by atoms with van der Waals surface area (Å²) in [5, 5.41) is 5.05. The molecule has 0 aliphatic carbocycles. The number of carbonyl (C=O) groups excluding carboxylic acids is 3. The van der Waals surface area contributed by atoms with Crippen molar-refractivity contribution in [2.75, 3.05) is 18.5 Å². The van der Waals surface area contributed by atoms with E-state index in [1.165, 1.54) is 18.2 Å². The van der Waals surface area contributed by atoms with Gasteiger partial charge in [-0.1, -0.05) is 17.7 Å². The lowest BCUT2D eigenvalue weighted by molar-refractivity contribution is -0.137. The van der Waals surface area contributed by atoms with Gasteiger partial charge in [0.05, 0.1) is 10.6 Å². The van der Waals surface area contributed by atoms with E-state index >= 15 is 0 Å². The number of ether oxygens (including phenoxy) is 2. The maximum absolute atomic E-state index is 13.6. The third kappa shape index (κ3) is 8.74. The molecule has 39 heavy (non-hydrogen) atoms. The molecule has 8 nitrogen and oxygen atoms in total. The van der Waals surface area contributed by atoms with Gasteiger partial charge in [0.1, 0.15) is 23.2 Å². The van der Waals surface area contributed by atoms with Gasteiger partial charge in [0.15, 0.2) is 6.61 Å². The van der Waals surface area contributed by atoms with Crippen molar-refractivity contribution in [3.05, 3.63) is 58.9 Å². The van der Waals surface area contributed by atoms with Crippen molar-refractivity contribution in [3.8, 4) is 5.75 Å². The summed E-state index contributed by atoms with van der Waals surface area (Å²) in [6, 6.07) is 6.24. The van der Waals surface area contributed by atoms with Crippen LogP contribution in [0.5, 0.6) is 5.75 Å². The minimum absolute atomic E-state index is 0.0785. The topological polar surface area (TPSA) is 97.0 Å². The molecule has 1 heterocycles. The first kappa shape index (κ1) is 30.0. The van der Waals surface area contributed by atoms with Crippen molar-refractivity contribution in [2.45, 2.75) is 57.5 Å². The van der Waals surface area contributed by atoms with Gasteiger partial charge in [0.25, 0.3) is 5.91 Å². The largest absolute Gasteiger partial charge is 0.484 e. The highest BCUT2D eigenvalue weighted by molar-refractivity contribution is 6.30. The Bertz CT molecular complexity index is 1220. The van der Waals surface area contributed by atoms with Crippen molar-refractivity contribution in [3.63, 3.8) is 0 Å². The monoisotopic (exact) mass is 573 g/mol. The Labute approximate surface area is 227 Å². The van der Waals surface area contributed by atoms with Gasteiger partial charge in [-0.25, -0.2) is 9.18 Å². The minimum Gasteiger partial charge on any atom is -0.484 e. The average Bonchev–Trinajstić information content (AvgIpc) is 2.83. The van der Waals surface area contributed by atoms with Crippen LogP contribution >= 0.6 is 11.6 Å². The first-order chi connectivity index (χ1) is 18.1. The molecule has 1 aliphatic heterocycles. The Kier molecular flexibility index (Phi) is 9.31. The van der Waals surface area contributed by atoms with Crippen LogP contribution in [0.15, 0.2) is 42.5 Å². The Morgan fingerprint density at radius 1 is 1.08 bits per heavy atom. The van der Waals surface area contributed by atoms with Gasteiger partial charge in [-0.15, -0.1) is 0 Å². The van der Waals surface area contributed by atoms with Gasteiger partial charge in [-0.05, 0) is 63.9 Å². The fourth-order valence-corrected chi connectivity index (χ4v) is 3.98. The second kappa shape index (κ2) is 12.1. The quantitative estimate of drug-likeness (QED) is 0.451. The van der Waals surface area contributed by atoms with Crippen LogP contribution in [0.25, 0.3) is 0 Å². The predicted molar refractivity (Wildman–Crippen MR) is 135 cm³/mol. The second-order valence-corrected chi connectivity index (χ2v) is 10.3. The van der Waals surface area contributed by atoms with Crippen LogP contribution in [0.1, 0.15) is 39.2 Å². The number of hydrogen-bond acceptors (Lipinski definition) is 5. The molecule has 13 heteroatoms. The molecule has 1 fully saturated rings. The highest BCUT2D eigenvalue weighted by Crippen LogP contribution is 2.31. The van der Waals surface area contributed by atoms with Gasteiger partial charge < -0.3 is 20.1 Å². The Morgan fingerprint density at radius 2 is 1.79 bits per heavy atom. The van der Waals surface area contributed by atoms with Gasteiger partial charge >= 0.3 is 12.3 Å². The van der Waals surface area contributed by atoms with E-state index in [1.807, 2.05) is 0 Å². The number of likely N-dealkylation sites (tertiary alicyclic amines) is 1. The second-order valence-electron chi connectivity index (χ2n) is 9.92. The average molecular weight is 574 g/mol. The highest BCUT2D eigenvalue weighted by atomic mass is 35.5. The number of amides is 3. The van der Waals surface area contributed by atoms with Crippen LogP contribution < -0.4 is 15.4 Å². The summed E-state index contributed by atoms with van der Waals surface area (Å²) in [6.07, 6.45) is -5.04. The third-order valence-corrected chi connectivity index (χ3v) is 5.90. The molecule has 2 aromatic carbocycles. The molecule has 0 bridgehead atoms. The van der Waals surface area contributed by atoms with Crippen molar-refractivity contribution in [2.24, 2.45) is 0 Å². The molecule has 2 aromatic rings. The number of nitrogens with zero attached hydrogens (tertiary/aromatic N) is 1. The van der Waals surface area contributed by atoms with Crippen molar-refractivity contribution in [1.82, 2.24) is 10.2 Å². The van der Waals surface area contributed by atoms with E-state index in [9.17, 15) is 31.9 Å². The first-order valence-corrected chi connectivity index (χ1v) is 12.3. The summed E-state index contributed by atoms with van der Waals surface area (Å²) >= 11 is 5.63. The summed E-state index contributed by atoms with van der Waals surface area (Å²) in [5.74, 6) is -1.86. The molecule has 0 saturated carbocycles. The summed E-state index contributed by atoms with van der Waals surface area (Å²) in [5.41, 5.74) is -1.90. The van der Waals surface area contributed by atoms with Crippen LogP contribution in [0.2, 0.25) is 5.02 Å². The first-order valence-electron chi connectivity index (χ1n) is 12.0. The lowest BCUT2D eigenvalue weighted by atomic mass is 9.97. The highest BCUT2D eigenvalue weighted by Gasteiger charge is 2.39. The van der Waals surface area contributed by atoms with E-state index in [-0.39, 0.29) is 35.8 Å². The molecule has 3 rings (SSSR count). The molecule has 1 aliphatic rings. The van der Waals surface area contributed by atoms with Gasteiger partial charge in [-0.3, -0.25) is 14.5 Å². The summed E-state index contributed by atoms with van der Waals surface area (Å²) < 4.78 is 63.5. The fraction of sp³-hybridized carbons (Fsp3) is 0.423. The van der Waals surface area contributed by atoms with Crippen molar-refractivity contribution < 1.29 is 41.4 Å². The maximum atomic E-state index is 13.6. The zero-order valence-electron chi connectivity index (χ0n) is 21.4. The van der Waals surface area contributed by atoms with Crippen LogP contribution in [-0.4, -0.2) is 53.6 Å². The van der Waals surface area contributed by atoms with Crippen molar-refractivity contribution in [1.29, 1.82) is 0 Å². The minimum atomic E-state index is -4.59. The summed E-state index contributed by atoms with van der Waals surface area (Å²) in [4.78, 5) is 39.6. The van der Waals surface area contributed by atoms with Crippen LogP contribution in [0.3, 0.4) is 0 Å². The van der Waals surface area contributed by atoms with E-state index in [1.54, 1.807) is 20.8 Å². The number of benzene rings is 2. The Morgan fingerprint density at radius 3 is 2.44 bits per heavy atom. The molecule has 212 valence electrons. The molecule has 3 amide bonds. The smallest absolute Gasteiger partial charge is 0.416 e. The van der Waals surface area contributed by atoms with E-state index in [0.717, 1.165) is 29.2 Å². The summed E-state index contributed by atoms with van der Waals surface area (Å²) in [6.45, 7) is 4.38. The number of carbonyl (C=O) groups is 3. The molecule has 2 N–H and O–H groups in total. The molecule has 0 aromatic heterocycles. The normalized spacial score (nSPS) is 17.8. The number of nitrogens with one attached hydrogen (secondary N) is 2. The van der Waals surface area contributed by atoms with E-state index in [0.29, 0.717) is 0 Å². The van der Waals surface area contributed by atoms with E-state index in [2.05, 4.69) is 10.6 Å². The Hall–Kier alpha value is -3.54. The molecule has 2 atom stereocenters. The van der Waals surface area contributed by atoms with Crippen LogP contribution in [0.4, 0.5) is 28.0 Å². The lowest BCUT2D eigenvalue weighted by Gasteiger charge is -2.39. The van der Waals surface area contributed by atoms with Crippen LogP contribution in [0, 0.1) is 5.82 Å². The fourth-order valence-electron chi connectivity index (χ4n) is 3.87. The lowest BCUT2D eigenvalue weighted by Crippen LogP contribution is -2.58. The molecule has 0 spiro atoms. The maximum Gasteiger partial charge on any atom is 0.416 e. The number of halogens is 5. The SMILES string of the molecule is CC(C)(C)OC(=O)N1CC(NC(=O)COc2ccc(Cl)c(F)c2)CC[C@H]1C(=O)Nc1cccc(C(F)(F)F)c1. The number of piperidine rings is 1. The number of rotatable bonds is 6. The predicted octanol–water partition coefficient (Wildman–Crippen LogP) is 5.40. The van der Waals surface area contributed by atoms with Gasteiger partial charge in [0.2, 0.25) is 5.91 Å². The zero-order chi connectivity index (χ0) is 29.0. The summed E-state index contributed by atoms with van der Waals surface area (Å²) in [7, 11) is 0. The van der Waals surface area contributed by atoms with Crippen LogP contribution in [-0.2, 0) is 20.5 Å². The van der Waals surface area contributed by atoms with Gasteiger partial charge in [0, 0.05) is 24.3 Å². The third-order valence-electron chi connectivity index (χ3n) is 5.60. The van der Waals surface area contributed by atoms with Crippen molar-refractivity contribution >= 4 is 35.2 Å². The van der Waals surface area contributed by atoms with E-state index < -0.39 is 59.8 Å². The van der Waals surface area contributed by atoms with Gasteiger partial charge in [-0.2, -0.15) is 13.2 Å². The Balaban J connectivity index is 1.68. The number of anilines is 1. The molecule has 1 unspecified atom stereocenters. The molecule has 1 saturated heterocycles. The molecule has 0 radical (unpaired) electrons. The van der Waals surface area contributed by atoms with E-state index in [4.69, 9.17) is 21.1 Å². The standard InChI is InChI=1S/C26H28ClF4N3O5/c1-25(2,3)39-24(37)34-13-17(32-22(35)14-38-18-8-9-19(27)20(28)12-18)7-10-21(34)23(36)33-16-6-4-5-15(11-16)26(29,30)31/h4-6,8-9,11-12,17,21H,7,10,13-14H2,1-3H3,(H,32,35)(H,33,36)/t17?,21-/m0/s1. The molecular formula is C26H28ClF4N3O5. The number of alkyl halides is 3.